The van der Waals surface area contributed by atoms with Gasteiger partial charge in [-0.25, -0.2) is 4.39 Å². The zero-order valence-corrected chi connectivity index (χ0v) is 12.6. The first-order valence-electron chi connectivity index (χ1n) is 7.21. The Kier molecular flexibility index (Phi) is 6.47. The van der Waals surface area contributed by atoms with Crippen molar-refractivity contribution < 1.29 is 4.39 Å². The van der Waals surface area contributed by atoms with Crippen LogP contribution in [0.15, 0.2) is 24.3 Å². The van der Waals surface area contributed by atoms with Gasteiger partial charge in [0.25, 0.3) is 0 Å². The van der Waals surface area contributed by atoms with Gasteiger partial charge in [-0.1, -0.05) is 13.0 Å². The number of benzene rings is 1. The molecule has 0 radical (unpaired) electrons. The SMILES string of the molecule is CCCNC(C)(C#N)CCN(CC)c1cccc(F)c1. The van der Waals surface area contributed by atoms with Crippen LogP contribution < -0.4 is 10.2 Å². The van der Waals surface area contributed by atoms with Crippen molar-refractivity contribution in [3.05, 3.63) is 30.1 Å². The Morgan fingerprint density at radius 2 is 2.15 bits per heavy atom. The average molecular weight is 277 g/mol. The molecule has 0 amide bonds. The predicted octanol–water partition coefficient (Wildman–Crippen LogP) is 3.32. The summed E-state index contributed by atoms with van der Waals surface area (Å²) in [5.74, 6) is -0.229. The number of hydrogen-bond acceptors (Lipinski definition) is 3. The van der Waals surface area contributed by atoms with E-state index in [1.807, 2.05) is 19.9 Å². The van der Waals surface area contributed by atoms with Gasteiger partial charge in [-0.2, -0.15) is 5.26 Å². The average Bonchev–Trinajstić information content (AvgIpc) is 2.46. The molecule has 0 saturated heterocycles. The van der Waals surface area contributed by atoms with Crippen LogP contribution in [0.1, 0.15) is 33.6 Å². The normalized spacial score (nSPS) is 13.6. The molecule has 0 bridgehead atoms. The summed E-state index contributed by atoms with van der Waals surface area (Å²) in [4.78, 5) is 2.09. The van der Waals surface area contributed by atoms with Gasteiger partial charge in [-0.3, -0.25) is 5.32 Å². The monoisotopic (exact) mass is 277 g/mol. The molecule has 0 aromatic heterocycles. The molecule has 0 fully saturated rings. The number of nitrogens with one attached hydrogen (secondary N) is 1. The highest BCUT2D eigenvalue weighted by atomic mass is 19.1. The second-order valence-corrected chi connectivity index (χ2v) is 5.18. The predicted molar refractivity (Wildman–Crippen MR) is 81.2 cm³/mol. The standard InChI is InChI=1S/C16H24FN3/c1-4-10-19-16(3,13-18)9-11-20(5-2)15-8-6-7-14(17)12-15/h6-8,12,19H,4-5,9-11H2,1-3H3. The topological polar surface area (TPSA) is 39.1 Å². The van der Waals surface area contributed by atoms with Crippen LogP contribution in [0.2, 0.25) is 0 Å². The van der Waals surface area contributed by atoms with Crippen molar-refractivity contribution in [2.75, 3.05) is 24.5 Å². The van der Waals surface area contributed by atoms with E-state index in [0.29, 0.717) is 6.42 Å². The number of nitrogens with zero attached hydrogens (tertiary/aromatic N) is 2. The molecular weight excluding hydrogens is 253 g/mol. The number of rotatable bonds is 8. The molecule has 0 aliphatic heterocycles. The lowest BCUT2D eigenvalue weighted by molar-refractivity contribution is 0.419. The van der Waals surface area contributed by atoms with Crippen molar-refractivity contribution in [2.24, 2.45) is 0 Å². The lowest BCUT2D eigenvalue weighted by atomic mass is 9.99. The Morgan fingerprint density at radius 1 is 1.40 bits per heavy atom. The highest BCUT2D eigenvalue weighted by molar-refractivity contribution is 5.46. The molecule has 3 nitrogen and oxygen atoms in total. The molecule has 1 aromatic carbocycles. The maximum atomic E-state index is 13.3. The van der Waals surface area contributed by atoms with Gasteiger partial charge in [-0.15, -0.1) is 0 Å². The lowest BCUT2D eigenvalue weighted by Gasteiger charge is -2.29. The Morgan fingerprint density at radius 3 is 2.70 bits per heavy atom. The van der Waals surface area contributed by atoms with E-state index in [1.165, 1.54) is 12.1 Å². The molecule has 0 heterocycles. The molecule has 1 rings (SSSR count). The molecule has 1 unspecified atom stereocenters. The fourth-order valence-electron chi connectivity index (χ4n) is 2.09. The van der Waals surface area contributed by atoms with Crippen molar-refractivity contribution in [1.82, 2.24) is 5.32 Å². The van der Waals surface area contributed by atoms with Crippen LogP contribution in [0.3, 0.4) is 0 Å². The molecule has 1 N–H and O–H groups in total. The highest BCUT2D eigenvalue weighted by Gasteiger charge is 2.23. The van der Waals surface area contributed by atoms with E-state index < -0.39 is 5.54 Å². The van der Waals surface area contributed by atoms with Crippen molar-refractivity contribution >= 4 is 5.69 Å². The van der Waals surface area contributed by atoms with Crippen LogP contribution in [0.25, 0.3) is 0 Å². The largest absolute Gasteiger partial charge is 0.372 e. The van der Waals surface area contributed by atoms with E-state index in [2.05, 4.69) is 23.2 Å². The van der Waals surface area contributed by atoms with Crippen LogP contribution in [-0.2, 0) is 0 Å². The number of halogens is 1. The molecule has 0 aliphatic carbocycles. The Balaban J connectivity index is 2.67. The number of hydrogen-bond donors (Lipinski definition) is 1. The Bertz CT molecular complexity index is 455. The van der Waals surface area contributed by atoms with E-state index >= 15 is 0 Å². The van der Waals surface area contributed by atoms with E-state index in [-0.39, 0.29) is 5.82 Å². The zero-order chi connectivity index (χ0) is 15.0. The third kappa shape index (κ3) is 4.82. The molecule has 0 spiro atoms. The second kappa shape index (κ2) is 7.86. The van der Waals surface area contributed by atoms with Crippen molar-refractivity contribution in [3.63, 3.8) is 0 Å². The summed E-state index contributed by atoms with van der Waals surface area (Å²) in [6.45, 7) is 8.38. The minimum atomic E-state index is -0.531. The fourth-order valence-corrected chi connectivity index (χ4v) is 2.09. The summed E-state index contributed by atoms with van der Waals surface area (Å²) in [5, 5.41) is 12.6. The minimum Gasteiger partial charge on any atom is -0.372 e. The Hall–Kier alpha value is -1.60. The van der Waals surface area contributed by atoms with Crippen LogP contribution in [0.4, 0.5) is 10.1 Å². The van der Waals surface area contributed by atoms with Crippen molar-refractivity contribution in [3.8, 4) is 6.07 Å². The van der Waals surface area contributed by atoms with Crippen LogP contribution in [0, 0.1) is 17.1 Å². The summed E-state index contributed by atoms with van der Waals surface area (Å²) in [6, 6.07) is 8.94. The van der Waals surface area contributed by atoms with Gasteiger partial charge >= 0.3 is 0 Å². The number of nitriles is 1. The maximum absolute atomic E-state index is 13.3. The molecule has 1 aromatic rings. The summed E-state index contributed by atoms with van der Waals surface area (Å²) in [5.41, 5.74) is 0.333. The van der Waals surface area contributed by atoms with Crippen LogP contribution >= 0.6 is 0 Å². The van der Waals surface area contributed by atoms with Gasteiger partial charge in [-0.05, 0) is 51.4 Å². The number of anilines is 1. The Labute approximate surface area is 121 Å². The summed E-state index contributed by atoms with van der Waals surface area (Å²) in [6.07, 6.45) is 1.70. The van der Waals surface area contributed by atoms with Crippen LogP contribution in [-0.4, -0.2) is 25.2 Å². The van der Waals surface area contributed by atoms with Crippen LogP contribution in [0.5, 0.6) is 0 Å². The van der Waals surface area contributed by atoms with Crippen molar-refractivity contribution in [2.45, 2.75) is 39.2 Å². The first kappa shape index (κ1) is 16.5. The van der Waals surface area contributed by atoms with Gasteiger partial charge in [0, 0.05) is 18.8 Å². The third-order valence-electron chi connectivity index (χ3n) is 3.45. The van der Waals surface area contributed by atoms with Gasteiger partial charge in [0.05, 0.1) is 6.07 Å². The third-order valence-corrected chi connectivity index (χ3v) is 3.45. The van der Waals surface area contributed by atoms with E-state index in [9.17, 15) is 9.65 Å². The zero-order valence-electron chi connectivity index (χ0n) is 12.6. The first-order chi connectivity index (χ1) is 9.54. The van der Waals surface area contributed by atoms with Gasteiger partial charge < -0.3 is 4.90 Å². The molecule has 110 valence electrons. The summed E-state index contributed by atoms with van der Waals surface area (Å²) < 4.78 is 13.3. The fraction of sp³-hybridized carbons (Fsp3) is 0.562. The van der Waals surface area contributed by atoms with E-state index in [0.717, 1.165) is 31.7 Å². The molecular formula is C16H24FN3. The molecule has 4 heteroatoms. The summed E-state index contributed by atoms with van der Waals surface area (Å²) in [7, 11) is 0. The van der Waals surface area contributed by atoms with Gasteiger partial charge in [0.2, 0.25) is 0 Å². The van der Waals surface area contributed by atoms with Gasteiger partial charge in [0.15, 0.2) is 0 Å². The van der Waals surface area contributed by atoms with E-state index in [1.54, 1.807) is 6.07 Å². The maximum Gasteiger partial charge on any atom is 0.125 e. The second-order valence-electron chi connectivity index (χ2n) is 5.18. The molecule has 1 atom stereocenters. The highest BCUT2D eigenvalue weighted by Crippen LogP contribution is 2.18. The molecule has 20 heavy (non-hydrogen) atoms. The minimum absolute atomic E-state index is 0.229. The van der Waals surface area contributed by atoms with Crippen molar-refractivity contribution in [1.29, 1.82) is 5.26 Å². The van der Waals surface area contributed by atoms with E-state index in [4.69, 9.17) is 0 Å². The first-order valence-corrected chi connectivity index (χ1v) is 7.21. The molecule has 0 saturated carbocycles. The van der Waals surface area contributed by atoms with Gasteiger partial charge in [0.1, 0.15) is 11.4 Å². The molecule has 0 aliphatic rings. The summed E-state index contributed by atoms with van der Waals surface area (Å²) >= 11 is 0. The lowest BCUT2D eigenvalue weighted by Crippen LogP contribution is -2.44. The smallest absolute Gasteiger partial charge is 0.125 e. The quantitative estimate of drug-likeness (QED) is 0.792.